The van der Waals surface area contributed by atoms with Gasteiger partial charge in [-0.05, 0) is 32.0 Å². The van der Waals surface area contributed by atoms with Crippen molar-refractivity contribution in [1.82, 2.24) is 4.57 Å². The number of aromatic nitrogens is 1. The summed E-state index contributed by atoms with van der Waals surface area (Å²) < 4.78 is 7.56. The van der Waals surface area contributed by atoms with E-state index >= 15 is 0 Å². The quantitative estimate of drug-likeness (QED) is 0.796. The van der Waals surface area contributed by atoms with E-state index in [-0.39, 0.29) is 6.10 Å². The molecule has 0 spiro atoms. The average molecular weight is 270 g/mol. The van der Waals surface area contributed by atoms with Crippen molar-refractivity contribution >= 4 is 23.2 Å². The highest BCUT2D eigenvalue weighted by Crippen LogP contribution is 2.33. The van der Waals surface area contributed by atoms with E-state index in [0.29, 0.717) is 15.8 Å². The SMILES string of the molecule is CC(C)Oc1cc(-n2cccc2)c(Cl)cc1Cl. The maximum atomic E-state index is 6.17. The molecule has 1 heterocycles. The molecule has 2 nitrogen and oxygen atoms in total. The van der Waals surface area contributed by atoms with Crippen molar-refractivity contribution < 1.29 is 4.74 Å². The highest BCUT2D eigenvalue weighted by Gasteiger charge is 2.10. The molecule has 2 rings (SSSR count). The van der Waals surface area contributed by atoms with Crippen molar-refractivity contribution in [2.24, 2.45) is 0 Å². The zero-order chi connectivity index (χ0) is 12.4. The second kappa shape index (κ2) is 5.03. The van der Waals surface area contributed by atoms with Crippen molar-refractivity contribution in [1.29, 1.82) is 0 Å². The molecule has 0 saturated carbocycles. The van der Waals surface area contributed by atoms with Crippen LogP contribution in [0.5, 0.6) is 5.75 Å². The van der Waals surface area contributed by atoms with Gasteiger partial charge in [-0.15, -0.1) is 0 Å². The number of hydrogen-bond acceptors (Lipinski definition) is 1. The Labute approximate surface area is 111 Å². The molecule has 17 heavy (non-hydrogen) atoms. The Morgan fingerprint density at radius 2 is 1.71 bits per heavy atom. The lowest BCUT2D eigenvalue weighted by Gasteiger charge is -2.14. The number of nitrogens with zero attached hydrogens (tertiary/aromatic N) is 1. The summed E-state index contributed by atoms with van der Waals surface area (Å²) in [4.78, 5) is 0. The molecule has 2 aromatic rings. The van der Waals surface area contributed by atoms with Crippen LogP contribution in [-0.4, -0.2) is 10.7 Å². The van der Waals surface area contributed by atoms with Gasteiger partial charge in [-0.25, -0.2) is 0 Å². The lowest BCUT2D eigenvalue weighted by molar-refractivity contribution is 0.242. The van der Waals surface area contributed by atoms with Gasteiger partial charge >= 0.3 is 0 Å². The molecule has 0 unspecified atom stereocenters. The van der Waals surface area contributed by atoms with Gasteiger partial charge in [-0.2, -0.15) is 0 Å². The second-order valence-corrected chi connectivity index (χ2v) is 4.81. The minimum absolute atomic E-state index is 0.0752. The molecule has 0 saturated heterocycles. The number of ether oxygens (including phenoxy) is 1. The van der Waals surface area contributed by atoms with Crippen LogP contribution in [0.25, 0.3) is 5.69 Å². The second-order valence-electron chi connectivity index (χ2n) is 3.99. The van der Waals surface area contributed by atoms with Gasteiger partial charge in [0, 0.05) is 18.5 Å². The molecule has 0 aliphatic carbocycles. The minimum atomic E-state index is 0.0752. The lowest BCUT2D eigenvalue weighted by Crippen LogP contribution is -2.06. The Morgan fingerprint density at radius 1 is 1.06 bits per heavy atom. The molecule has 0 fully saturated rings. The molecule has 4 heteroatoms. The first-order valence-corrected chi connectivity index (χ1v) is 6.12. The van der Waals surface area contributed by atoms with Crippen LogP contribution in [-0.2, 0) is 0 Å². The highest BCUT2D eigenvalue weighted by atomic mass is 35.5. The largest absolute Gasteiger partial charge is 0.489 e. The first-order chi connectivity index (χ1) is 8.08. The van der Waals surface area contributed by atoms with Crippen molar-refractivity contribution in [2.45, 2.75) is 20.0 Å². The summed E-state index contributed by atoms with van der Waals surface area (Å²) in [5, 5.41) is 1.13. The number of rotatable bonds is 3. The van der Waals surface area contributed by atoms with Gasteiger partial charge in [0.25, 0.3) is 0 Å². The number of halogens is 2. The third-order valence-electron chi connectivity index (χ3n) is 2.25. The Kier molecular flexibility index (Phi) is 3.65. The van der Waals surface area contributed by atoms with Crippen molar-refractivity contribution in [3.8, 4) is 11.4 Å². The van der Waals surface area contributed by atoms with E-state index in [1.54, 1.807) is 6.07 Å². The molecule has 0 N–H and O–H groups in total. The molecule has 0 atom stereocenters. The predicted molar refractivity (Wildman–Crippen MR) is 71.6 cm³/mol. The monoisotopic (exact) mass is 269 g/mol. The van der Waals surface area contributed by atoms with E-state index in [1.807, 2.05) is 49.0 Å². The zero-order valence-electron chi connectivity index (χ0n) is 9.65. The van der Waals surface area contributed by atoms with Gasteiger partial charge in [0.1, 0.15) is 5.75 Å². The van der Waals surface area contributed by atoms with Crippen LogP contribution >= 0.6 is 23.2 Å². The van der Waals surface area contributed by atoms with Crippen LogP contribution in [0.1, 0.15) is 13.8 Å². The normalized spacial score (nSPS) is 10.9. The third kappa shape index (κ3) is 2.76. The van der Waals surface area contributed by atoms with E-state index in [4.69, 9.17) is 27.9 Å². The topological polar surface area (TPSA) is 14.2 Å². The van der Waals surface area contributed by atoms with Crippen molar-refractivity contribution in [3.63, 3.8) is 0 Å². The summed E-state index contributed by atoms with van der Waals surface area (Å²) in [6.07, 6.45) is 3.92. The summed E-state index contributed by atoms with van der Waals surface area (Å²) in [5.41, 5.74) is 0.858. The van der Waals surface area contributed by atoms with E-state index in [1.165, 1.54) is 0 Å². The smallest absolute Gasteiger partial charge is 0.140 e. The van der Waals surface area contributed by atoms with Crippen molar-refractivity contribution in [2.75, 3.05) is 0 Å². The molecule has 0 aliphatic heterocycles. The summed E-state index contributed by atoms with van der Waals surface area (Å²) in [6.45, 7) is 3.92. The standard InChI is InChI=1S/C13H13Cl2NO/c1-9(2)17-13-8-12(10(14)7-11(13)15)16-5-3-4-6-16/h3-9H,1-2H3. The zero-order valence-corrected chi connectivity index (χ0v) is 11.2. The van der Waals surface area contributed by atoms with Crippen LogP contribution in [0.4, 0.5) is 0 Å². The minimum Gasteiger partial charge on any atom is -0.489 e. The van der Waals surface area contributed by atoms with E-state index in [9.17, 15) is 0 Å². The van der Waals surface area contributed by atoms with Crippen molar-refractivity contribution in [3.05, 3.63) is 46.7 Å². The van der Waals surface area contributed by atoms with Gasteiger partial charge in [-0.1, -0.05) is 23.2 Å². The predicted octanol–water partition coefficient (Wildman–Crippen LogP) is 4.57. The van der Waals surface area contributed by atoms with Gasteiger partial charge in [0.15, 0.2) is 0 Å². The van der Waals surface area contributed by atoms with Gasteiger partial charge in [-0.3, -0.25) is 0 Å². The van der Waals surface area contributed by atoms with E-state index < -0.39 is 0 Å². The van der Waals surface area contributed by atoms with Gasteiger partial charge < -0.3 is 9.30 Å². The maximum absolute atomic E-state index is 6.17. The Bertz CT molecular complexity index is 506. The molecular formula is C13H13Cl2NO. The molecule has 1 aromatic carbocycles. The average Bonchev–Trinajstić information content (AvgIpc) is 2.74. The fourth-order valence-corrected chi connectivity index (χ4v) is 2.08. The molecule has 0 amide bonds. The van der Waals surface area contributed by atoms with Crippen LogP contribution in [0.3, 0.4) is 0 Å². The Morgan fingerprint density at radius 3 is 2.29 bits per heavy atom. The number of hydrogen-bond donors (Lipinski definition) is 0. The lowest BCUT2D eigenvalue weighted by atomic mass is 10.3. The Hall–Kier alpha value is -1.12. The molecule has 90 valence electrons. The Balaban J connectivity index is 2.46. The van der Waals surface area contributed by atoms with Crippen LogP contribution in [0, 0.1) is 0 Å². The van der Waals surface area contributed by atoms with Crippen LogP contribution in [0.15, 0.2) is 36.7 Å². The van der Waals surface area contributed by atoms with Gasteiger partial charge in [0.2, 0.25) is 0 Å². The summed E-state index contributed by atoms with van der Waals surface area (Å²) in [7, 11) is 0. The molecule has 0 aliphatic rings. The molecular weight excluding hydrogens is 257 g/mol. The van der Waals surface area contributed by atoms with Gasteiger partial charge in [0.05, 0.1) is 21.8 Å². The molecule has 1 aromatic heterocycles. The third-order valence-corrected chi connectivity index (χ3v) is 2.84. The van der Waals surface area contributed by atoms with E-state index in [0.717, 1.165) is 5.69 Å². The van der Waals surface area contributed by atoms with Crippen LogP contribution < -0.4 is 4.74 Å². The first kappa shape index (κ1) is 12.3. The fourth-order valence-electron chi connectivity index (χ4n) is 1.56. The summed E-state index contributed by atoms with van der Waals surface area (Å²) >= 11 is 12.3. The molecule has 0 bridgehead atoms. The summed E-state index contributed by atoms with van der Waals surface area (Å²) in [6, 6.07) is 7.43. The maximum Gasteiger partial charge on any atom is 0.140 e. The molecule has 0 radical (unpaired) electrons. The first-order valence-electron chi connectivity index (χ1n) is 5.37. The highest BCUT2D eigenvalue weighted by molar-refractivity contribution is 6.36. The fraction of sp³-hybridized carbons (Fsp3) is 0.231. The van der Waals surface area contributed by atoms with E-state index in [2.05, 4.69) is 0 Å². The summed E-state index contributed by atoms with van der Waals surface area (Å²) in [5.74, 6) is 0.648. The number of benzene rings is 1. The van der Waals surface area contributed by atoms with Crippen LogP contribution in [0.2, 0.25) is 10.0 Å².